The van der Waals surface area contributed by atoms with Crippen LogP contribution in [0.2, 0.25) is 0 Å². The third-order valence-corrected chi connectivity index (χ3v) is 5.14. The highest BCUT2D eigenvalue weighted by Gasteiger charge is 2.23. The molecule has 1 atom stereocenters. The molecule has 4 rings (SSSR count). The van der Waals surface area contributed by atoms with Crippen LogP contribution in [0, 0.1) is 0 Å². The predicted molar refractivity (Wildman–Crippen MR) is 122 cm³/mol. The van der Waals surface area contributed by atoms with E-state index in [2.05, 4.69) is 25.4 Å². The third kappa shape index (κ3) is 4.77. The summed E-state index contributed by atoms with van der Waals surface area (Å²) in [6.07, 6.45) is 4.83. The topological polar surface area (TPSA) is 108 Å². The molecule has 0 radical (unpaired) electrons. The molecule has 0 aliphatic rings. The Hall–Kier alpha value is -4.01. The van der Waals surface area contributed by atoms with E-state index in [-0.39, 0.29) is 23.1 Å². The molecule has 3 heterocycles. The maximum Gasteiger partial charge on any atom is 0.271 e. The van der Waals surface area contributed by atoms with E-state index >= 15 is 0 Å². The highest BCUT2D eigenvalue weighted by Crippen LogP contribution is 2.27. The molecule has 0 saturated heterocycles. The minimum atomic E-state index is -0.289. The quantitative estimate of drug-likeness (QED) is 0.475. The molecule has 4 aromatic rings. The molecule has 3 aromatic heterocycles. The summed E-state index contributed by atoms with van der Waals surface area (Å²) < 4.78 is 12.3. The molecule has 1 amide bonds. The second kappa shape index (κ2) is 8.85. The molecule has 0 aliphatic heterocycles. The van der Waals surface area contributed by atoms with Gasteiger partial charge in [0.1, 0.15) is 17.8 Å². The lowest BCUT2D eigenvalue weighted by Crippen LogP contribution is -2.26. The molecule has 0 fully saturated rings. The Balaban J connectivity index is 1.55. The Morgan fingerprint density at radius 3 is 2.58 bits per heavy atom. The first-order chi connectivity index (χ1) is 15.8. The molecule has 0 saturated carbocycles. The molecule has 170 valence electrons. The van der Waals surface area contributed by atoms with Crippen LogP contribution in [-0.4, -0.2) is 37.7 Å². The number of carbonyl (C=O) groups is 1. The first kappa shape index (κ1) is 22.2. The normalized spacial score (nSPS) is 12.4. The van der Waals surface area contributed by atoms with Crippen molar-refractivity contribution in [1.29, 1.82) is 0 Å². The van der Waals surface area contributed by atoms with Crippen LogP contribution in [0.5, 0.6) is 5.75 Å². The summed E-state index contributed by atoms with van der Waals surface area (Å²) in [4.78, 5) is 26.0. The Morgan fingerprint density at radius 1 is 1.15 bits per heavy atom. The molecular formula is C24H26N6O3. The first-order valence-corrected chi connectivity index (χ1v) is 10.5. The molecular weight excluding hydrogens is 420 g/mol. The van der Waals surface area contributed by atoms with Gasteiger partial charge in [0.05, 0.1) is 18.7 Å². The molecule has 0 bridgehead atoms. The number of methoxy groups -OCH3 is 1. The number of ether oxygens (including phenoxy) is 1. The zero-order chi connectivity index (χ0) is 23.6. The maximum atomic E-state index is 12.8. The van der Waals surface area contributed by atoms with Crippen molar-refractivity contribution in [2.75, 3.05) is 7.11 Å². The van der Waals surface area contributed by atoms with Crippen LogP contribution in [-0.2, 0) is 5.41 Å². The summed E-state index contributed by atoms with van der Waals surface area (Å²) in [7, 11) is 1.62. The van der Waals surface area contributed by atoms with Gasteiger partial charge in [0.2, 0.25) is 0 Å². The molecule has 0 spiro atoms. The highest BCUT2D eigenvalue weighted by atomic mass is 16.5. The van der Waals surface area contributed by atoms with E-state index in [9.17, 15) is 4.79 Å². The number of aromatic nitrogens is 5. The first-order valence-electron chi connectivity index (χ1n) is 10.5. The number of amides is 1. The lowest BCUT2D eigenvalue weighted by atomic mass is 9.96. The SMILES string of the molecule is COc1ccc([C@H](C)NC(=O)c2cn(-c3ncccc3-c3nc(C(C)(C)C)no3)cn2)cc1. The maximum absolute atomic E-state index is 12.8. The molecule has 9 nitrogen and oxygen atoms in total. The Morgan fingerprint density at radius 2 is 1.91 bits per heavy atom. The van der Waals surface area contributed by atoms with E-state index in [1.807, 2.05) is 58.0 Å². The zero-order valence-corrected chi connectivity index (χ0v) is 19.2. The van der Waals surface area contributed by atoms with Crippen molar-refractivity contribution in [2.45, 2.75) is 39.2 Å². The van der Waals surface area contributed by atoms with Crippen LogP contribution in [0.15, 0.2) is 59.6 Å². The van der Waals surface area contributed by atoms with E-state index in [0.29, 0.717) is 23.1 Å². The molecule has 0 aliphatic carbocycles. The predicted octanol–water partition coefficient (Wildman–Crippen LogP) is 4.11. The smallest absolute Gasteiger partial charge is 0.271 e. The number of imidazole rings is 1. The van der Waals surface area contributed by atoms with Gasteiger partial charge in [-0.05, 0) is 36.8 Å². The molecule has 33 heavy (non-hydrogen) atoms. The fraction of sp³-hybridized carbons (Fsp3) is 0.292. The van der Waals surface area contributed by atoms with Gasteiger partial charge in [-0.2, -0.15) is 4.98 Å². The number of hydrogen-bond donors (Lipinski definition) is 1. The van der Waals surface area contributed by atoms with Gasteiger partial charge in [-0.3, -0.25) is 9.36 Å². The van der Waals surface area contributed by atoms with Gasteiger partial charge in [0.15, 0.2) is 11.6 Å². The molecule has 1 N–H and O–H groups in total. The number of nitrogens with zero attached hydrogens (tertiary/aromatic N) is 5. The standard InChI is InChI=1S/C24H26N6O3/c1-15(16-8-10-17(32-5)11-9-16)27-21(31)19-13-30(14-26-19)20-18(7-6-12-25-20)22-28-23(29-33-22)24(2,3)4/h6-15H,1-5H3,(H,27,31)/t15-/m0/s1. The number of hydrogen-bond acceptors (Lipinski definition) is 7. The molecule has 9 heteroatoms. The van der Waals surface area contributed by atoms with Crippen LogP contribution in [0.25, 0.3) is 17.3 Å². The van der Waals surface area contributed by atoms with Gasteiger partial charge < -0.3 is 14.6 Å². The van der Waals surface area contributed by atoms with Crippen molar-refractivity contribution >= 4 is 5.91 Å². The van der Waals surface area contributed by atoms with E-state index in [0.717, 1.165) is 11.3 Å². The number of nitrogens with one attached hydrogen (secondary N) is 1. The van der Waals surface area contributed by atoms with Gasteiger partial charge in [-0.1, -0.05) is 38.1 Å². The number of benzene rings is 1. The number of pyridine rings is 1. The Bertz CT molecular complexity index is 1250. The average Bonchev–Trinajstić information content (AvgIpc) is 3.49. The van der Waals surface area contributed by atoms with Crippen LogP contribution in [0.3, 0.4) is 0 Å². The van der Waals surface area contributed by atoms with Crippen molar-refractivity contribution in [1.82, 2.24) is 30.0 Å². The van der Waals surface area contributed by atoms with Gasteiger partial charge >= 0.3 is 0 Å². The fourth-order valence-corrected chi connectivity index (χ4v) is 3.21. The van der Waals surface area contributed by atoms with E-state index in [1.165, 1.54) is 0 Å². The lowest BCUT2D eigenvalue weighted by molar-refractivity contribution is 0.0935. The summed E-state index contributed by atoms with van der Waals surface area (Å²) in [5, 5.41) is 7.06. The number of rotatable bonds is 6. The summed E-state index contributed by atoms with van der Waals surface area (Å²) in [6, 6.07) is 11.0. The van der Waals surface area contributed by atoms with Crippen molar-refractivity contribution in [3.8, 4) is 23.0 Å². The molecule has 1 aromatic carbocycles. The highest BCUT2D eigenvalue weighted by molar-refractivity contribution is 5.92. The fourth-order valence-electron chi connectivity index (χ4n) is 3.21. The summed E-state index contributed by atoms with van der Waals surface area (Å²) in [5.74, 6) is 1.97. The van der Waals surface area contributed by atoms with Gasteiger partial charge in [-0.15, -0.1) is 0 Å². The summed E-state index contributed by atoms with van der Waals surface area (Å²) in [5.41, 5.74) is 1.64. The zero-order valence-electron chi connectivity index (χ0n) is 19.2. The Kier molecular flexibility index (Phi) is 5.95. The van der Waals surface area contributed by atoms with E-state index < -0.39 is 0 Å². The minimum Gasteiger partial charge on any atom is -0.497 e. The van der Waals surface area contributed by atoms with Crippen molar-refractivity contribution in [2.24, 2.45) is 0 Å². The van der Waals surface area contributed by atoms with Crippen LogP contribution >= 0.6 is 0 Å². The van der Waals surface area contributed by atoms with Crippen molar-refractivity contribution < 1.29 is 14.1 Å². The third-order valence-electron chi connectivity index (χ3n) is 5.14. The summed E-state index contributed by atoms with van der Waals surface area (Å²) >= 11 is 0. The largest absolute Gasteiger partial charge is 0.497 e. The van der Waals surface area contributed by atoms with Crippen LogP contribution in [0.1, 0.15) is 55.6 Å². The summed E-state index contributed by atoms with van der Waals surface area (Å²) in [6.45, 7) is 7.95. The van der Waals surface area contributed by atoms with Crippen molar-refractivity contribution in [3.05, 3.63) is 72.2 Å². The second-order valence-electron chi connectivity index (χ2n) is 8.68. The van der Waals surface area contributed by atoms with Crippen LogP contribution in [0.4, 0.5) is 0 Å². The number of carbonyl (C=O) groups excluding carboxylic acids is 1. The lowest BCUT2D eigenvalue weighted by Gasteiger charge is -2.14. The van der Waals surface area contributed by atoms with Gasteiger partial charge in [0.25, 0.3) is 11.8 Å². The Labute approximate surface area is 191 Å². The second-order valence-corrected chi connectivity index (χ2v) is 8.68. The minimum absolute atomic E-state index is 0.201. The monoisotopic (exact) mass is 446 g/mol. The molecule has 0 unspecified atom stereocenters. The van der Waals surface area contributed by atoms with E-state index in [1.54, 1.807) is 36.5 Å². The van der Waals surface area contributed by atoms with Gasteiger partial charge in [0, 0.05) is 17.8 Å². The van der Waals surface area contributed by atoms with Crippen LogP contribution < -0.4 is 10.1 Å². The average molecular weight is 447 g/mol. The van der Waals surface area contributed by atoms with Crippen molar-refractivity contribution in [3.63, 3.8) is 0 Å². The van der Waals surface area contributed by atoms with Gasteiger partial charge in [-0.25, -0.2) is 9.97 Å². The van der Waals surface area contributed by atoms with E-state index in [4.69, 9.17) is 9.26 Å².